The quantitative estimate of drug-likeness (QED) is 0.446. The SMILES string of the molecule is [NH-]Nc1cc(-c2ccc(N)cc2)ccc1N.[Ni]. The van der Waals surface area contributed by atoms with Crippen molar-refractivity contribution in [3.8, 4) is 11.1 Å². The summed E-state index contributed by atoms with van der Waals surface area (Å²) >= 11 is 0. The summed E-state index contributed by atoms with van der Waals surface area (Å²) in [6.07, 6.45) is 0. The van der Waals surface area contributed by atoms with Crippen LogP contribution in [0, 0.1) is 0 Å². The molecule has 0 saturated carbocycles. The molecular weight excluding hydrogens is 259 g/mol. The maximum Gasteiger partial charge on any atom is 0.0536 e. The van der Waals surface area contributed by atoms with E-state index >= 15 is 0 Å². The van der Waals surface area contributed by atoms with E-state index in [1.54, 1.807) is 6.07 Å². The normalized spacial score (nSPS) is 9.47. The molecule has 0 aliphatic rings. The molecular formula is C12H13N4Ni-. The molecule has 2 aromatic rings. The first-order valence-corrected chi connectivity index (χ1v) is 4.89. The minimum atomic E-state index is 0. The average Bonchev–Trinajstić information content (AvgIpc) is 2.31. The third-order valence-corrected chi connectivity index (χ3v) is 2.43. The zero-order valence-corrected chi connectivity index (χ0v) is 10.00. The van der Waals surface area contributed by atoms with Gasteiger partial charge in [-0.2, -0.15) is 0 Å². The summed E-state index contributed by atoms with van der Waals surface area (Å²) in [7, 11) is 0. The second-order valence-electron chi connectivity index (χ2n) is 3.55. The van der Waals surface area contributed by atoms with Crippen LogP contribution >= 0.6 is 0 Å². The van der Waals surface area contributed by atoms with E-state index in [2.05, 4.69) is 5.43 Å². The molecule has 0 fully saturated rings. The molecule has 0 aliphatic heterocycles. The molecule has 2 aromatic carbocycles. The largest absolute Gasteiger partial charge is 0.586 e. The van der Waals surface area contributed by atoms with E-state index in [1.165, 1.54) is 0 Å². The summed E-state index contributed by atoms with van der Waals surface area (Å²) in [5.74, 6) is 7.13. The zero-order chi connectivity index (χ0) is 11.5. The maximum absolute atomic E-state index is 7.13. The average molecular weight is 272 g/mol. The molecule has 92 valence electrons. The molecule has 0 unspecified atom stereocenters. The van der Waals surface area contributed by atoms with Crippen molar-refractivity contribution in [3.63, 3.8) is 0 Å². The Kier molecular flexibility index (Phi) is 4.38. The second-order valence-corrected chi connectivity index (χ2v) is 3.55. The van der Waals surface area contributed by atoms with Crippen molar-refractivity contribution >= 4 is 17.1 Å². The summed E-state index contributed by atoms with van der Waals surface area (Å²) in [5, 5.41) is 0. The second kappa shape index (κ2) is 5.57. The summed E-state index contributed by atoms with van der Waals surface area (Å²) < 4.78 is 0. The van der Waals surface area contributed by atoms with Crippen LogP contribution in [0.25, 0.3) is 17.0 Å². The van der Waals surface area contributed by atoms with Gasteiger partial charge in [0.2, 0.25) is 0 Å². The fraction of sp³-hybridized carbons (Fsp3) is 0. The van der Waals surface area contributed by atoms with Gasteiger partial charge in [-0.15, -0.1) is 0 Å². The molecule has 0 aromatic heterocycles. The molecule has 5 heteroatoms. The van der Waals surface area contributed by atoms with E-state index in [-0.39, 0.29) is 16.5 Å². The van der Waals surface area contributed by atoms with Crippen molar-refractivity contribution in [2.45, 2.75) is 0 Å². The Bertz CT molecular complexity index is 496. The Morgan fingerprint density at radius 3 is 2.06 bits per heavy atom. The first kappa shape index (κ1) is 13.4. The number of benzene rings is 2. The number of rotatable bonds is 2. The number of nitrogen functional groups attached to an aromatic ring is 2. The molecule has 0 heterocycles. The molecule has 0 radical (unpaired) electrons. The number of hydrogen-bond donors (Lipinski definition) is 3. The van der Waals surface area contributed by atoms with Gasteiger partial charge in [0.05, 0.1) is 5.69 Å². The monoisotopic (exact) mass is 271 g/mol. The summed E-state index contributed by atoms with van der Waals surface area (Å²) in [4.78, 5) is 0. The maximum atomic E-state index is 7.13. The van der Waals surface area contributed by atoms with Crippen molar-refractivity contribution in [2.24, 2.45) is 0 Å². The van der Waals surface area contributed by atoms with E-state index in [0.29, 0.717) is 11.4 Å². The first-order chi connectivity index (χ1) is 7.70. The molecule has 0 bridgehead atoms. The van der Waals surface area contributed by atoms with E-state index in [9.17, 15) is 0 Å². The van der Waals surface area contributed by atoms with Crippen molar-refractivity contribution in [1.82, 2.24) is 0 Å². The molecule has 0 saturated heterocycles. The van der Waals surface area contributed by atoms with Gasteiger partial charge >= 0.3 is 0 Å². The fourth-order valence-electron chi connectivity index (χ4n) is 1.52. The molecule has 0 aliphatic carbocycles. The predicted molar refractivity (Wildman–Crippen MR) is 68.6 cm³/mol. The minimum Gasteiger partial charge on any atom is -0.586 e. The van der Waals surface area contributed by atoms with E-state index in [4.69, 9.17) is 17.3 Å². The molecule has 6 N–H and O–H groups in total. The van der Waals surface area contributed by atoms with E-state index in [1.807, 2.05) is 36.4 Å². The molecule has 0 atom stereocenters. The predicted octanol–water partition coefficient (Wildman–Crippen LogP) is 2.89. The van der Waals surface area contributed by atoms with Crippen molar-refractivity contribution in [2.75, 3.05) is 16.9 Å². The Balaban J connectivity index is 0.00000144. The van der Waals surface area contributed by atoms with Crippen LogP contribution in [0.4, 0.5) is 17.1 Å². The zero-order valence-electron chi connectivity index (χ0n) is 9.01. The van der Waals surface area contributed by atoms with Crippen LogP contribution < -0.4 is 16.9 Å². The van der Waals surface area contributed by atoms with Crippen LogP contribution in [-0.4, -0.2) is 0 Å². The molecule has 2 rings (SSSR count). The van der Waals surface area contributed by atoms with Gasteiger partial charge in [-0.25, -0.2) is 0 Å². The Labute approximate surface area is 110 Å². The van der Waals surface area contributed by atoms with Gasteiger partial charge in [0.15, 0.2) is 0 Å². The van der Waals surface area contributed by atoms with Crippen LogP contribution in [-0.2, 0) is 16.5 Å². The summed E-state index contributed by atoms with van der Waals surface area (Å²) in [6, 6.07) is 13.1. The topological polar surface area (TPSA) is 87.9 Å². The molecule has 17 heavy (non-hydrogen) atoms. The van der Waals surface area contributed by atoms with E-state index < -0.39 is 0 Å². The third kappa shape index (κ3) is 2.90. The standard InChI is InChI=1S/C12H13N4.Ni/c13-10-4-1-8(2-5-10)9-3-6-11(14)12(7-9)16-15;/h1-7,15-16H,13-14H2;/q-1;. The molecule has 0 amide bonds. The van der Waals surface area contributed by atoms with Crippen LogP contribution in [0.3, 0.4) is 0 Å². The minimum absolute atomic E-state index is 0. The van der Waals surface area contributed by atoms with Gasteiger partial charge < -0.3 is 22.7 Å². The van der Waals surface area contributed by atoms with Crippen LogP contribution in [0.5, 0.6) is 0 Å². The number of hydrogen-bond acceptors (Lipinski definition) is 3. The number of nitrogens with one attached hydrogen (secondary N) is 2. The third-order valence-electron chi connectivity index (χ3n) is 2.43. The van der Waals surface area contributed by atoms with Gasteiger partial charge in [-0.3, -0.25) is 0 Å². The number of anilines is 3. The van der Waals surface area contributed by atoms with Crippen LogP contribution in [0.1, 0.15) is 0 Å². The van der Waals surface area contributed by atoms with Gasteiger partial charge in [0, 0.05) is 27.9 Å². The Morgan fingerprint density at radius 1 is 0.882 bits per heavy atom. The Hall–Kier alpha value is -1.71. The molecule has 0 spiro atoms. The van der Waals surface area contributed by atoms with E-state index in [0.717, 1.165) is 16.8 Å². The van der Waals surface area contributed by atoms with Crippen LogP contribution in [0.15, 0.2) is 42.5 Å². The first-order valence-electron chi connectivity index (χ1n) is 4.89. The van der Waals surface area contributed by atoms with Gasteiger partial charge in [-0.05, 0) is 35.4 Å². The van der Waals surface area contributed by atoms with Crippen molar-refractivity contribution in [1.29, 1.82) is 0 Å². The Morgan fingerprint density at radius 2 is 1.47 bits per heavy atom. The number of nitrogens with two attached hydrogens (primary N) is 2. The van der Waals surface area contributed by atoms with Gasteiger partial charge in [0.1, 0.15) is 0 Å². The fourth-order valence-corrected chi connectivity index (χ4v) is 1.52. The van der Waals surface area contributed by atoms with Gasteiger partial charge in [0.25, 0.3) is 0 Å². The van der Waals surface area contributed by atoms with Crippen molar-refractivity contribution < 1.29 is 16.5 Å². The smallest absolute Gasteiger partial charge is 0.0536 e. The summed E-state index contributed by atoms with van der Waals surface area (Å²) in [5.41, 5.74) is 17.6. The van der Waals surface area contributed by atoms with Crippen molar-refractivity contribution in [3.05, 3.63) is 48.3 Å². The van der Waals surface area contributed by atoms with Gasteiger partial charge in [-0.1, -0.05) is 18.2 Å². The molecule has 4 nitrogen and oxygen atoms in total. The van der Waals surface area contributed by atoms with Crippen LogP contribution in [0.2, 0.25) is 0 Å². The summed E-state index contributed by atoms with van der Waals surface area (Å²) in [6.45, 7) is 0.